The van der Waals surface area contributed by atoms with Gasteiger partial charge < -0.3 is 16.0 Å². The van der Waals surface area contributed by atoms with Crippen molar-refractivity contribution in [1.82, 2.24) is 4.98 Å². The molecule has 3 aliphatic carbocycles. The predicted octanol–water partition coefficient (Wildman–Crippen LogP) is 5.92. The molecule has 0 saturated heterocycles. The number of nitrogens with zero attached hydrogens (tertiary/aromatic N) is 3. The lowest BCUT2D eigenvalue weighted by molar-refractivity contribution is -0.0280. The van der Waals surface area contributed by atoms with Crippen molar-refractivity contribution in [3.8, 4) is 6.07 Å². The molecule has 3 saturated carbocycles. The molecule has 1 amide bonds. The zero-order chi connectivity index (χ0) is 27.3. The van der Waals surface area contributed by atoms with Gasteiger partial charge in [-0.05, 0) is 79.9 Å². The highest BCUT2D eigenvalue weighted by Crippen LogP contribution is 2.64. The molecule has 3 fully saturated rings. The summed E-state index contributed by atoms with van der Waals surface area (Å²) in [5.74, 6) is -0.217. The zero-order valence-corrected chi connectivity index (χ0v) is 22.5. The van der Waals surface area contributed by atoms with Gasteiger partial charge in [0.1, 0.15) is 0 Å². The van der Waals surface area contributed by atoms with Crippen LogP contribution in [0.1, 0.15) is 35.2 Å². The molecule has 0 unspecified atom stereocenters. The summed E-state index contributed by atoms with van der Waals surface area (Å²) in [5.41, 5.74) is 4.91. The zero-order valence-electron chi connectivity index (χ0n) is 21.7. The Hall–Kier alpha value is -4.42. The maximum absolute atomic E-state index is 13.1. The minimum absolute atomic E-state index is 0.00194. The van der Waals surface area contributed by atoms with Crippen LogP contribution in [0, 0.1) is 11.3 Å². The Bertz CT molecular complexity index is 1770. The lowest BCUT2D eigenvalue weighted by Gasteiger charge is -2.68. The number of pyridine rings is 1. The van der Waals surface area contributed by atoms with E-state index in [1.54, 1.807) is 43.0 Å². The summed E-state index contributed by atoms with van der Waals surface area (Å²) in [6.07, 6.45) is 7.76. The molecule has 7 rings (SSSR count). The van der Waals surface area contributed by atoms with Crippen LogP contribution in [0.15, 0.2) is 83.4 Å². The van der Waals surface area contributed by atoms with Gasteiger partial charge in [0.2, 0.25) is 0 Å². The summed E-state index contributed by atoms with van der Waals surface area (Å²) in [7, 11) is -2.10. The van der Waals surface area contributed by atoms with Crippen molar-refractivity contribution in [2.75, 3.05) is 28.5 Å². The minimum atomic E-state index is -2.10. The van der Waals surface area contributed by atoms with E-state index in [1.807, 2.05) is 48.5 Å². The van der Waals surface area contributed by atoms with Crippen LogP contribution in [-0.4, -0.2) is 38.7 Å². The second-order valence-electron chi connectivity index (χ2n) is 10.9. The fourth-order valence-electron chi connectivity index (χ4n) is 5.83. The molecule has 0 aliphatic heterocycles. The van der Waals surface area contributed by atoms with Crippen molar-refractivity contribution >= 4 is 49.3 Å². The van der Waals surface area contributed by atoms with E-state index in [9.17, 15) is 14.3 Å². The summed E-state index contributed by atoms with van der Waals surface area (Å²) in [6.45, 7) is 0. The molecular weight excluding hydrogens is 508 g/mol. The van der Waals surface area contributed by atoms with Gasteiger partial charge >= 0.3 is 0 Å². The van der Waals surface area contributed by atoms with E-state index in [1.165, 1.54) is 0 Å². The molecule has 3 aromatic carbocycles. The molecule has 8 nitrogen and oxygen atoms in total. The van der Waals surface area contributed by atoms with Gasteiger partial charge in [-0.1, -0.05) is 12.1 Å². The van der Waals surface area contributed by atoms with Gasteiger partial charge in [-0.25, -0.2) is 4.36 Å². The van der Waals surface area contributed by atoms with Crippen LogP contribution >= 0.6 is 0 Å². The third-order valence-electron chi connectivity index (χ3n) is 7.22. The topological polar surface area (TPSA) is 119 Å². The first-order valence-electron chi connectivity index (χ1n) is 12.7. The third kappa shape index (κ3) is 5.03. The molecule has 3 N–H and O–H groups in total. The summed E-state index contributed by atoms with van der Waals surface area (Å²) < 4.78 is 16.6. The van der Waals surface area contributed by atoms with Crippen LogP contribution in [0.25, 0.3) is 10.9 Å². The predicted molar refractivity (Wildman–Crippen MR) is 156 cm³/mol. The Kier molecular flexibility index (Phi) is 5.81. The SMILES string of the molecule is CS(C)(=O)=NC12CC(Nc3cccc(NC(=O)c4cccc(Nc5ccnc6ccc(C#N)cc56)c4)c3)(C1)C2. The van der Waals surface area contributed by atoms with Gasteiger partial charge in [-0.15, -0.1) is 0 Å². The van der Waals surface area contributed by atoms with E-state index in [2.05, 4.69) is 31.4 Å². The van der Waals surface area contributed by atoms with E-state index in [-0.39, 0.29) is 17.0 Å². The summed E-state index contributed by atoms with van der Waals surface area (Å²) >= 11 is 0. The number of benzene rings is 3. The average molecular weight is 537 g/mol. The van der Waals surface area contributed by atoms with E-state index < -0.39 is 9.73 Å². The summed E-state index contributed by atoms with van der Waals surface area (Å²) in [4.78, 5) is 17.5. The molecule has 4 aromatic rings. The first kappa shape index (κ1) is 24.9. The monoisotopic (exact) mass is 536 g/mol. The number of nitrogens with one attached hydrogen (secondary N) is 3. The lowest BCUT2D eigenvalue weighted by atomic mass is 9.44. The van der Waals surface area contributed by atoms with Crippen LogP contribution < -0.4 is 16.0 Å². The van der Waals surface area contributed by atoms with Crippen LogP contribution in [-0.2, 0) is 9.73 Å². The number of hydrogen-bond donors (Lipinski definition) is 3. The van der Waals surface area contributed by atoms with Gasteiger partial charge in [-0.2, -0.15) is 5.26 Å². The largest absolute Gasteiger partial charge is 0.379 e. The van der Waals surface area contributed by atoms with E-state index in [0.717, 1.165) is 47.2 Å². The molecule has 0 atom stereocenters. The first-order valence-corrected chi connectivity index (χ1v) is 15.0. The maximum Gasteiger partial charge on any atom is 0.255 e. The Morgan fingerprint density at radius 2 is 1.72 bits per heavy atom. The van der Waals surface area contributed by atoms with Gasteiger partial charge in [0.05, 0.1) is 22.7 Å². The fraction of sp³-hybridized carbons (Fsp3) is 0.233. The number of anilines is 4. The van der Waals surface area contributed by atoms with Gasteiger partial charge in [0, 0.05) is 67.7 Å². The highest BCUT2D eigenvalue weighted by molar-refractivity contribution is 7.92. The Balaban J connectivity index is 1.14. The molecule has 39 heavy (non-hydrogen) atoms. The number of carbonyl (C=O) groups is 1. The standard InChI is InChI=1S/C30H28N6O2S/c1-39(2,38)36-30-17-29(18-30,19-30)35-24-8-4-7-23(15-24)34-28(37)21-5-3-6-22(14-21)33-27-11-12-32-26-10-9-20(16-31)13-25(26)27/h3-15,35H,17-19H2,1-2H3,(H,32,33)(H,34,37). The minimum Gasteiger partial charge on any atom is -0.379 e. The molecule has 9 heteroatoms. The van der Waals surface area contributed by atoms with Crippen LogP contribution in [0.2, 0.25) is 0 Å². The third-order valence-corrected chi connectivity index (χ3v) is 8.05. The molecule has 0 radical (unpaired) electrons. The second kappa shape index (κ2) is 9.10. The number of hydrogen-bond acceptors (Lipinski definition) is 7. The normalized spacial score (nSPS) is 21.2. The maximum atomic E-state index is 13.1. The Labute approximate surface area is 227 Å². The number of aromatic nitrogens is 1. The van der Waals surface area contributed by atoms with Crippen molar-refractivity contribution in [3.05, 3.63) is 90.1 Å². The number of nitriles is 1. The lowest BCUT2D eigenvalue weighted by Crippen LogP contribution is -2.74. The van der Waals surface area contributed by atoms with Crippen molar-refractivity contribution in [2.45, 2.75) is 30.3 Å². The Morgan fingerprint density at radius 3 is 2.49 bits per heavy atom. The van der Waals surface area contributed by atoms with Crippen LogP contribution in [0.5, 0.6) is 0 Å². The van der Waals surface area contributed by atoms with Crippen molar-refractivity contribution in [1.29, 1.82) is 5.26 Å². The molecular formula is C30H28N6O2S. The van der Waals surface area contributed by atoms with Crippen molar-refractivity contribution < 1.29 is 9.00 Å². The van der Waals surface area contributed by atoms with E-state index in [0.29, 0.717) is 16.8 Å². The quantitative estimate of drug-likeness (QED) is 0.270. The summed E-state index contributed by atoms with van der Waals surface area (Å²) in [6, 6.07) is 24.4. The molecule has 1 heterocycles. The molecule has 196 valence electrons. The highest BCUT2D eigenvalue weighted by Gasteiger charge is 2.69. The smallest absolute Gasteiger partial charge is 0.255 e. The summed E-state index contributed by atoms with van der Waals surface area (Å²) in [5, 5.41) is 20.1. The molecule has 1 aromatic heterocycles. The number of carbonyl (C=O) groups excluding carboxylic acids is 1. The van der Waals surface area contributed by atoms with Crippen LogP contribution in [0.4, 0.5) is 22.7 Å². The van der Waals surface area contributed by atoms with Gasteiger partial charge in [0.25, 0.3) is 5.91 Å². The number of amides is 1. The van der Waals surface area contributed by atoms with Crippen molar-refractivity contribution in [3.63, 3.8) is 0 Å². The first-order chi connectivity index (χ1) is 18.6. The van der Waals surface area contributed by atoms with Gasteiger partial charge in [-0.3, -0.25) is 14.0 Å². The van der Waals surface area contributed by atoms with E-state index >= 15 is 0 Å². The van der Waals surface area contributed by atoms with Crippen molar-refractivity contribution in [2.24, 2.45) is 4.36 Å². The fourth-order valence-corrected chi connectivity index (χ4v) is 6.96. The second-order valence-corrected chi connectivity index (χ2v) is 13.4. The Morgan fingerprint density at radius 1 is 0.974 bits per heavy atom. The molecule has 2 bridgehead atoms. The molecule has 0 spiro atoms. The number of rotatable bonds is 7. The molecule has 3 aliphatic rings. The van der Waals surface area contributed by atoms with Crippen LogP contribution in [0.3, 0.4) is 0 Å². The van der Waals surface area contributed by atoms with E-state index in [4.69, 9.17) is 0 Å². The average Bonchev–Trinajstić information content (AvgIpc) is 2.86. The number of fused-ring (bicyclic) bond motifs is 1. The van der Waals surface area contributed by atoms with Gasteiger partial charge in [0.15, 0.2) is 0 Å². The highest BCUT2D eigenvalue weighted by atomic mass is 32.2.